The summed E-state index contributed by atoms with van der Waals surface area (Å²) in [5, 5.41) is 0.833. The fraction of sp³-hybridized carbons (Fsp3) is 0.519. The molecule has 0 spiro atoms. The van der Waals surface area contributed by atoms with Crippen molar-refractivity contribution in [2.24, 2.45) is 0 Å². The Morgan fingerprint density at radius 1 is 1.05 bits per heavy atom. The van der Waals surface area contributed by atoms with E-state index in [0.29, 0.717) is 31.0 Å². The molecule has 2 aliphatic rings. The average Bonchev–Trinajstić information content (AvgIpc) is 3.50. The molecule has 0 saturated carbocycles. The number of alkyl halides is 3. The first-order chi connectivity index (χ1) is 18.4. The van der Waals surface area contributed by atoms with Crippen molar-refractivity contribution in [2.75, 3.05) is 42.5 Å². The predicted octanol–water partition coefficient (Wildman–Crippen LogP) is 5.36. The van der Waals surface area contributed by atoms with Crippen molar-refractivity contribution in [3.05, 3.63) is 36.8 Å². The quantitative estimate of drug-likeness (QED) is 0.436. The third-order valence-electron chi connectivity index (χ3n) is 6.87. The van der Waals surface area contributed by atoms with Crippen LogP contribution in [0.1, 0.15) is 40.5 Å². The van der Waals surface area contributed by atoms with Crippen LogP contribution in [0.25, 0.3) is 16.7 Å². The number of amides is 1. The SMILES string of the molecule is C[C@H]1CN(C(=O)OC(C)(C)C)CCN1c1ncnc2c1c(N1CCCC1)cn2-c1cccc(OC(F)(F)F)c1. The number of halogens is 3. The van der Waals surface area contributed by atoms with Crippen molar-refractivity contribution in [1.82, 2.24) is 19.4 Å². The Morgan fingerprint density at radius 3 is 2.46 bits per heavy atom. The van der Waals surface area contributed by atoms with Crippen molar-refractivity contribution in [1.29, 1.82) is 0 Å². The Balaban J connectivity index is 1.53. The first-order valence-corrected chi connectivity index (χ1v) is 13.1. The summed E-state index contributed by atoms with van der Waals surface area (Å²) < 4.78 is 50.2. The third kappa shape index (κ3) is 5.84. The molecule has 1 atom stereocenters. The molecule has 2 fully saturated rings. The van der Waals surface area contributed by atoms with E-state index < -0.39 is 12.0 Å². The van der Waals surface area contributed by atoms with E-state index in [1.54, 1.807) is 15.5 Å². The number of ether oxygens (including phenoxy) is 2. The summed E-state index contributed by atoms with van der Waals surface area (Å²) in [5.41, 5.74) is 1.45. The molecule has 9 nitrogen and oxygen atoms in total. The molecule has 5 rings (SSSR count). The highest BCUT2D eigenvalue weighted by Gasteiger charge is 2.34. The molecule has 1 amide bonds. The molecular weight excluding hydrogens is 513 g/mol. The summed E-state index contributed by atoms with van der Waals surface area (Å²) in [6.45, 7) is 10.8. The van der Waals surface area contributed by atoms with E-state index in [9.17, 15) is 18.0 Å². The zero-order valence-electron chi connectivity index (χ0n) is 22.5. The first-order valence-electron chi connectivity index (χ1n) is 13.1. The minimum atomic E-state index is -4.79. The number of hydrogen-bond acceptors (Lipinski definition) is 7. The second-order valence-corrected chi connectivity index (χ2v) is 11.0. The molecule has 39 heavy (non-hydrogen) atoms. The van der Waals surface area contributed by atoms with Crippen molar-refractivity contribution in [3.63, 3.8) is 0 Å². The number of piperazine rings is 1. The first kappa shape index (κ1) is 26.9. The molecular formula is C27H33F3N6O3. The van der Waals surface area contributed by atoms with Crippen LogP contribution in [0.3, 0.4) is 0 Å². The van der Waals surface area contributed by atoms with Crippen molar-refractivity contribution < 1.29 is 27.4 Å². The van der Waals surface area contributed by atoms with Crippen molar-refractivity contribution in [2.45, 2.75) is 58.5 Å². The number of benzene rings is 1. The van der Waals surface area contributed by atoms with Gasteiger partial charge in [-0.25, -0.2) is 14.8 Å². The Labute approximate surface area is 225 Å². The average molecular weight is 547 g/mol. The topological polar surface area (TPSA) is 76.0 Å². The summed E-state index contributed by atoms with van der Waals surface area (Å²) >= 11 is 0. The van der Waals surface area contributed by atoms with Crippen LogP contribution in [0.2, 0.25) is 0 Å². The summed E-state index contributed by atoms with van der Waals surface area (Å²) in [4.78, 5) is 28.1. The van der Waals surface area contributed by atoms with E-state index >= 15 is 0 Å². The minimum absolute atomic E-state index is 0.0531. The molecule has 0 N–H and O–H groups in total. The van der Waals surface area contributed by atoms with Gasteiger partial charge in [0.2, 0.25) is 0 Å². The number of hydrogen-bond donors (Lipinski definition) is 0. The highest BCUT2D eigenvalue weighted by Crippen LogP contribution is 2.39. The molecule has 2 saturated heterocycles. The zero-order valence-corrected chi connectivity index (χ0v) is 22.5. The summed E-state index contributed by atoms with van der Waals surface area (Å²) in [6, 6.07) is 5.82. The number of carbonyl (C=O) groups is 1. The molecule has 0 aliphatic carbocycles. The van der Waals surface area contributed by atoms with Crippen LogP contribution in [-0.4, -0.2) is 76.3 Å². The van der Waals surface area contributed by atoms with Crippen molar-refractivity contribution >= 4 is 28.6 Å². The number of rotatable bonds is 4. The number of carbonyl (C=O) groups excluding carboxylic acids is 1. The van der Waals surface area contributed by atoms with E-state index in [2.05, 4.69) is 24.5 Å². The number of aromatic nitrogens is 3. The Kier molecular flexibility index (Phi) is 6.98. The van der Waals surface area contributed by atoms with Gasteiger partial charge in [-0.3, -0.25) is 4.57 Å². The lowest BCUT2D eigenvalue weighted by molar-refractivity contribution is -0.274. The van der Waals surface area contributed by atoms with Gasteiger partial charge in [0.15, 0.2) is 5.65 Å². The lowest BCUT2D eigenvalue weighted by Gasteiger charge is -2.41. The second kappa shape index (κ2) is 10.1. The van der Waals surface area contributed by atoms with Crippen LogP contribution in [-0.2, 0) is 4.74 Å². The van der Waals surface area contributed by atoms with E-state index in [1.165, 1.54) is 24.5 Å². The monoisotopic (exact) mass is 546 g/mol. The molecule has 4 heterocycles. The largest absolute Gasteiger partial charge is 0.573 e. The third-order valence-corrected chi connectivity index (χ3v) is 6.87. The van der Waals surface area contributed by atoms with Gasteiger partial charge < -0.3 is 24.2 Å². The van der Waals surface area contributed by atoms with Crippen molar-refractivity contribution in [3.8, 4) is 11.4 Å². The highest BCUT2D eigenvalue weighted by atomic mass is 19.4. The molecule has 0 unspecified atom stereocenters. The molecule has 210 valence electrons. The Bertz CT molecular complexity index is 1350. The fourth-order valence-corrected chi connectivity index (χ4v) is 5.23. The standard InChI is InChI=1S/C27H33F3N6O3/c1-18-15-34(25(37)39-26(2,3)4)12-13-35(18)23-22-21(33-10-5-6-11-33)16-36(24(22)32-17-31-23)19-8-7-9-20(14-19)38-27(28,29)30/h7-9,14,16-18H,5-6,10-13,15H2,1-4H3/t18-/m0/s1. The maximum absolute atomic E-state index is 12.9. The fourth-order valence-electron chi connectivity index (χ4n) is 5.23. The van der Waals surface area contributed by atoms with Crippen LogP contribution in [0, 0.1) is 0 Å². The van der Waals surface area contributed by atoms with Crippen LogP contribution in [0.4, 0.5) is 29.5 Å². The Hall–Kier alpha value is -3.70. The molecule has 2 aromatic heterocycles. The van der Waals surface area contributed by atoms with Gasteiger partial charge in [-0.1, -0.05) is 6.07 Å². The molecule has 2 aliphatic heterocycles. The lowest BCUT2D eigenvalue weighted by atomic mass is 10.1. The minimum Gasteiger partial charge on any atom is -0.444 e. The van der Waals surface area contributed by atoms with Crippen LogP contribution in [0.15, 0.2) is 36.8 Å². The number of nitrogens with zero attached hydrogens (tertiary/aromatic N) is 6. The van der Waals surface area contributed by atoms with Crippen LogP contribution in [0.5, 0.6) is 5.75 Å². The zero-order chi connectivity index (χ0) is 27.9. The smallest absolute Gasteiger partial charge is 0.444 e. The van der Waals surface area contributed by atoms with Crippen LogP contribution < -0.4 is 14.5 Å². The summed E-state index contributed by atoms with van der Waals surface area (Å²) in [5.74, 6) is 0.436. The summed E-state index contributed by atoms with van der Waals surface area (Å²) in [6.07, 6.45) is 0.371. The van der Waals surface area contributed by atoms with E-state index in [-0.39, 0.29) is 17.9 Å². The molecule has 12 heteroatoms. The molecule has 0 bridgehead atoms. The normalized spacial score (nSPS) is 18.6. The van der Waals surface area contributed by atoms with Crippen LogP contribution >= 0.6 is 0 Å². The lowest BCUT2D eigenvalue weighted by Crippen LogP contribution is -2.54. The molecule has 3 aromatic rings. The summed E-state index contributed by atoms with van der Waals surface area (Å²) in [7, 11) is 0. The maximum atomic E-state index is 12.9. The molecule has 0 radical (unpaired) electrons. The molecule has 1 aromatic carbocycles. The number of fused-ring (bicyclic) bond motifs is 1. The van der Waals surface area contributed by atoms with Gasteiger partial charge in [0.1, 0.15) is 23.5 Å². The van der Waals surface area contributed by atoms with Gasteiger partial charge in [0.05, 0.1) is 16.8 Å². The second-order valence-electron chi connectivity index (χ2n) is 11.0. The van der Waals surface area contributed by atoms with E-state index in [4.69, 9.17) is 4.74 Å². The van der Waals surface area contributed by atoms with E-state index in [0.717, 1.165) is 42.8 Å². The van der Waals surface area contributed by atoms with E-state index in [1.807, 2.05) is 33.9 Å². The Morgan fingerprint density at radius 2 is 1.79 bits per heavy atom. The van der Waals surface area contributed by atoms with Gasteiger partial charge in [0, 0.05) is 51.0 Å². The van der Waals surface area contributed by atoms with Gasteiger partial charge in [-0.05, 0) is 52.7 Å². The highest BCUT2D eigenvalue weighted by molar-refractivity contribution is 6.01. The van der Waals surface area contributed by atoms with Gasteiger partial charge in [0.25, 0.3) is 0 Å². The van der Waals surface area contributed by atoms with Gasteiger partial charge in [-0.15, -0.1) is 13.2 Å². The number of anilines is 2. The van der Waals surface area contributed by atoms with Gasteiger partial charge in [-0.2, -0.15) is 0 Å². The predicted molar refractivity (Wildman–Crippen MR) is 142 cm³/mol. The maximum Gasteiger partial charge on any atom is 0.573 e. The van der Waals surface area contributed by atoms with Gasteiger partial charge >= 0.3 is 12.5 Å².